The van der Waals surface area contributed by atoms with Gasteiger partial charge in [-0.2, -0.15) is 0 Å². The molecule has 0 heterocycles. The largest absolute Gasteiger partial charge is 0.457 e. The number of esters is 1. The second-order valence-electron chi connectivity index (χ2n) is 15.8. The van der Waals surface area contributed by atoms with E-state index in [2.05, 4.69) is 26.0 Å². The zero-order valence-electron chi connectivity index (χ0n) is 34.9. The van der Waals surface area contributed by atoms with Gasteiger partial charge in [0.15, 0.2) is 0 Å². The van der Waals surface area contributed by atoms with Crippen LogP contribution in [0.1, 0.15) is 258 Å². The van der Waals surface area contributed by atoms with Gasteiger partial charge < -0.3 is 14.6 Å². The molecule has 0 aromatic heterocycles. The molecule has 0 aliphatic heterocycles. The SMILES string of the molecule is CCCCCCCCCC/C=C\CCCCCCCCCCCCCCCCOCC(CO)OC(=O)CCCCCCCCCCCCCCC. The van der Waals surface area contributed by atoms with Gasteiger partial charge in [0, 0.05) is 13.0 Å². The number of aliphatic hydroxyl groups excluding tert-OH is 1. The third-order valence-corrected chi connectivity index (χ3v) is 10.6. The maximum absolute atomic E-state index is 12.2. The molecule has 1 N–H and O–H groups in total. The van der Waals surface area contributed by atoms with Crippen LogP contribution < -0.4 is 0 Å². The molecule has 0 bridgehead atoms. The molecule has 0 aromatic rings. The summed E-state index contributed by atoms with van der Waals surface area (Å²) in [7, 11) is 0. The van der Waals surface area contributed by atoms with Crippen molar-refractivity contribution in [3.05, 3.63) is 12.2 Å². The van der Waals surface area contributed by atoms with Gasteiger partial charge in [-0.15, -0.1) is 0 Å². The lowest BCUT2D eigenvalue weighted by atomic mass is 10.0. The molecular formula is C47H92O4. The fourth-order valence-corrected chi connectivity index (χ4v) is 7.09. The highest BCUT2D eigenvalue weighted by atomic mass is 16.6. The van der Waals surface area contributed by atoms with E-state index in [1.165, 1.54) is 218 Å². The minimum atomic E-state index is -0.527. The standard InChI is InChI=1S/C47H92O4/c1-3-5-7-9-11-13-15-17-18-19-20-21-22-23-24-25-26-27-28-29-31-33-35-37-39-41-43-50-45-46(44-48)51-47(49)42-40-38-36-34-32-30-16-14-12-10-8-6-4-2/h19-20,46,48H,3-18,21-45H2,1-2H3/b20-19-. The molecule has 0 amide bonds. The maximum atomic E-state index is 12.2. The molecule has 0 saturated heterocycles. The lowest BCUT2D eigenvalue weighted by Gasteiger charge is -2.16. The zero-order chi connectivity index (χ0) is 37.0. The van der Waals surface area contributed by atoms with Crippen LogP contribution in [0.15, 0.2) is 12.2 Å². The molecule has 0 rings (SSSR count). The lowest BCUT2D eigenvalue weighted by Crippen LogP contribution is -2.27. The summed E-state index contributed by atoms with van der Waals surface area (Å²) in [6.45, 7) is 5.39. The molecule has 51 heavy (non-hydrogen) atoms. The zero-order valence-corrected chi connectivity index (χ0v) is 34.9. The number of carbonyl (C=O) groups is 1. The first-order valence-electron chi connectivity index (χ1n) is 23.3. The molecular weight excluding hydrogens is 629 g/mol. The highest BCUT2D eigenvalue weighted by Gasteiger charge is 2.13. The molecule has 1 atom stereocenters. The van der Waals surface area contributed by atoms with Gasteiger partial charge in [0.05, 0.1) is 13.2 Å². The molecule has 0 aliphatic carbocycles. The average molecular weight is 721 g/mol. The number of rotatable bonds is 44. The van der Waals surface area contributed by atoms with E-state index in [0.29, 0.717) is 19.6 Å². The predicted octanol–water partition coefficient (Wildman–Crippen LogP) is 15.3. The maximum Gasteiger partial charge on any atom is 0.306 e. The molecule has 0 radical (unpaired) electrons. The van der Waals surface area contributed by atoms with Crippen LogP contribution in [0.5, 0.6) is 0 Å². The third-order valence-electron chi connectivity index (χ3n) is 10.6. The van der Waals surface area contributed by atoms with Crippen LogP contribution in [0.2, 0.25) is 0 Å². The summed E-state index contributed by atoms with van der Waals surface area (Å²) >= 11 is 0. The molecule has 0 spiro atoms. The summed E-state index contributed by atoms with van der Waals surface area (Å²) in [4.78, 5) is 12.2. The number of ether oxygens (including phenoxy) is 2. The van der Waals surface area contributed by atoms with Gasteiger partial charge in [0.1, 0.15) is 6.10 Å². The van der Waals surface area contributed by atoms with E-state index in [-0.39, 0.29) is 12.6 Å². The van der Waals surface area contributed by atoms with Gasteiger partial charge in [-0.1, -0.05) is 225 Å². The summed E-state index contributed by atoms with van der Waals surface area (Å²) in [5.41, 5.74) is 0. The van der Waals surface area contributed by atoms with E-state index >= 15 is 0 Å². The molecule has 0 aromatic carbocycles. The van der Waals surface area contributed by atoms with Crippen LogP contribution in [0.25, 0.3) is 0 Å². The lowest BCUT2D eigenvalue weighted by molar-refractivity contribution is -0.154. The fraction of sp³-hybridized carbons (Fsp3) is 0.936. The first kappa shape index (κ1) is 50.1. The van der Waals surface area contributed by atoms with Gasteiger partial charge in [0.2, 0.25) is 0 Å². The van der Waals surface area contributed by atoms with Crippen LogP contribution in [-0.4, -0.2) is 37.0 Å². The van der Waals surface area contributed by atoms with Crippen molar-refractivity contribution in [3.8, 4) is 0 Å². The Hall–Kier alpha value is -0.870. The number of unbranched alkanes of at least 4 members (excludes halogenated alkanes) is 34. The van der Waals surface area contributed by atoms with Gasteiger partial charge in [0.25, 0.3) is 0 Å². The number of hydrogen-bond acceptors (Lipinski definition) is 4. The van der Waals surface area contributed by atoms with Crippen molar-refractivity contribution in [2.75, 3.05) is 19.8 Å². The van der Waals surface area contributed by atoms with E-state index in [9.17, 15) is 9.90 Å². The van der Waals surface area contributed by atoms with Crippen molar-refractivity contribution < 1.29 is 19.4 Å². The molecule has 4 heteroatoms. The van der Waals surface area contributed by atoms with Crippen LogP contribution in [0.3, 0.4) is 0 Å². The fourth-order valence-electron chi connectivity index (χ4n) is 7.09. The Bertz CT molecular complexity index is 677. The molecule has 304 valence electrons. The summed E-state index contributed by atoms with van der Waals surface area (Å²) in [5, 5.41) is 9.60. The van der Waals surface area contributed by atoms with Crippen molar-refractivity contribution in [1.29, 1.82) is 0 Å². The Labute approximate surface area is 320 Å². The van der Waals surface area contributed by atoms with Crippen LogP contribution in [-0.2, 0) is 14.3 Å². The van der Waals surface area contributed by atoms with E-state index < -0.39 is 6.10 Å². The van der Waals surface area contributed by atoms with Gasteiger partial charge >= 0.3 is 5.97 Å². The predicted molar refractivity (Wildman–Crippen MR) is 224 cm³/mol. The molecule has 1 unspecified atom stereocenters. The first-order chi connectivity index (χ1) is 25.2. The minimum absolute atomic E-state index is 0.165. The quantitative estimate of drug-likeness (QED) is 0.0387. The highest BCUT2D eigenvalue weighted by molar-refractivity contribution is 5.69. The molecule has 0 fully saturated rings. The summed E-state index contributed by atoms with van der Waals surface area (Å²) < 4.78 is 11.2. The number of hydrogen-bond donors (Lipinski definition) is 1. The molecule has 0 aliphatic rings. The van der Waals surface area contributed by atoms with Crippen molar-refractivity contribution in [1.82, 2.24) is 0 Å². The van der Waals surface area contributed by atoms with E-state index in [0.717, 1.165) is 19.3 Å². The normalized spacial score (nSPS) is 12.3. The molecule has 4 nitrogen and oxygen atoms in total. The van der Waals surface area contributed by atoms with Crippen LogP contribution >= 0.6 is 0 Å². The number of aliphatic hydroxyl groups is 1. The smallest absolute Gasteiger partial charge is 0.306 e. The Morgan fingerprint density at radius 2 is 0.765 bits per heavy atom. The monoisotopic (exact) mass is 721 g/mol. The summed E-state index contributed by atoms with van der Waals surface area (Å²) in [6, 6.07) is 0. The summed E-state index contributed by atoms with van der Waals surface area (Å²) in [6.07, 6.45) is 54.4. The highest BCUT2D eigenvalue weighted by Crippen LogP contribution is 2.16. The summed E-state index contributed by atoms with van der Waals surface area (Å²) in [5.74, 6) is -0.196. The van der Waals surface area contributed by atoms with Gasteiger partial charge in [-0.3, -0.25) is 4.79 Å². The van der Waals surface area contributed by atoms with Gasteiger partial charge in [-0.25, -0.2) is 0 Å². The average Bonchev–Trinajstić information content (AvgIpc) is 3.14. The molecule has 0 saturated carbocycles. The second kappa shape index (κ2) is 45.3. The van der Waals surface area contributed by atoms with Crippen LogP contribution in [0, 0.1) is 0 Å². The third kappa shape index (κ3) is 43.4. The van der Waals surface area contributed by atoms with E-state index in [1.807, 2.05) is 0 Å². The Kier molecular flexibility index (Phi) is 44.5. The Morgan fingerprint density at radius 1 is 0.451 bits per heavy atom. The Morgan fingerprint density at radius 3 is 1.12 bits per heavy atom. The minimum Gasteiger partial charge on any atom is -0.457 e. The topological polar surface area (TPSA) is 55.8 Å². The van der Waals surface area contributed by atoms with Gasteiger partial charge in [-0.05, 0) is 38.5 Å². The van der Waals surface area contributed by atoms with E-state index in [1.54, 1.807) is 0 Å². The Balaban J connectivity index is 3.33. The number of allylic oxidation sites excluding steroid dienone is 2. The van der Waals surface area contributed by atoms with Crippen LogP contribution in [0.4, 0.5) is 0 Å². The second-order valence-corrected chi connectivity index (χ2v) is 15.8. The van der Waals surface area contributed by atoms with Crippen molar-refractivity contribution >= 4 is 5.97 Å². The van der Waals surface area contributed by atoms with Crippen molar-refractivity contribution in [2.45, 2.75) is 264 Å². The van der Waals surface area contributed by atoms with Crippen molar-refractivity contribution in [2.24, 2.45) is 0 Å². The van der Waals surface area contributed by atoms with Crippen molar-refractivity contribution in [3.63, 3.8) is 0 Å². The number of carbonyl (C=O) groups excluding carboxylic acids is 1. The van der Waals surface area contributed by atoms with E-state index in [4.69, 9.17) is 9.47 Å². The first-order valence-corrected chi connectivity index (χ1v) is 23.3.